The fourth-order valence-corrected chi connectivity index (χ4v) is 1.79. The molecule has 0 radical (unpaired) electrons. The van der Waals surface area contributed by atoms with Gasteiger partial charge in [-0.3, -0.25) is 0 Å². The number of carboxylic acid groups (broad SMARTS) is 1. The Bertz CT molecular complexity index is 695. The highest BCUT2D eigenvalue weighted by atomic mass is 79.9. The lowest BCUT2D eigenvalue weighted by Gasteiger charge is -2.10. The molecule has 0 amide bonds. The zero-order chi connectivity index (χ0) is 14.9. The Kier molecular flexibility index (Phi) is 3.84. The number of nitrogens with one attached hydrogen (secondary N) is 1. The lowest BCUT2D eigenvalue weighted by atomic mass is 10.2. The Labute approximate surface area is 120 Å². The van der Waals surface area contributed by atoms with Crippen LogP contribution < -0.4 is 11.1 Å². The SMILES string of the molecule is Nc1cc(C(=O)O)cnc1Nc1cc(Br)c(F)cc1F. The van der Waals surface area contributed by atoms with Crippen LogP contribution in [0, 0.1) is 11.6 Å². The van der Waals surface area contributed by atoms with Gasteiger partial charge in [0.2, 0.25) is 0 Å². The predicted molar refractivity (Wildman–Crippen MR) is 72.9 cm³/mol. The number of aromatic carboxylic acids is 1. The van der Waals surface area contributed by atoms with Crippen molar-refractivity contribution in [3.63, 3.8) is 0 Å². The van der Waals surface area contributed by atoms with Gasteiger partial charge in [-0.2, -0.15) is 0 Å². The van der Waals surface area contributed by atoms with E-state index in [1.165, 1.54) is 12.1 Å². The topological polar surface area (TPSA) is 88.2 Å². The molecule has 0 aliphatic heterocycles. The third-order valence-corrected chi connectivity index (χ3v) is 3.03. The quantitative estimate of drug-likeness (QED) is 0.745. The Balaban J connectivity index is 2.35. The molecule has 0 fully saturated rings. The van der Waals surface area contributed by atoms with Gasteiger partial charge in [0.25, 0.3) is 0 Å². The van der Waals surface area contributed by atoms with E-state index in [1.54, 1.807) is 0 Å². The van der Waals surface area contributed by atoms with Gasteiger partial charge in [-0.1, -0.05) is 0 Å². The number of carbonyl (C=O) groups is 1. The van der Waals surface area contributed by atoms with Gasteiger partial charge >= 0.3 is 5.97 Å². The number of nitrogens with two attached hydrogens (primary N) is 1. The van der Waals surface area contributed by atoms with Gasteiger partial charge in [-0.15, -0.1) is 0 Å². The summed E-state index contributed by atoms with van der Waals surface area (Å²) in [4.78, 5) is 14.5. The van der Waals surface area contributed by atoms with E-state index in [0.29, 0.717) is 6.07 Å². The lowest BCUT2D eigenvalue weighted by molar-refractivity contribution is 0.0696. The highest BCUT2D eigenvalue weighted by Crippen LogP contribution is 2.28. The Hall–Kier alpha value is -2.22. The number of pyridine rings is 1. The molecule has 1 aromatic carbocycles. The molecule has 2 rings (SSSR count). The summed E-state index contributed by atoms with van der Waals surface area (Å²) >= 11 is 2.93. The highest BCUT2D eigenvalue weighted by Gasteiger charge is 2.12. The van der Waals surface area contributed by atoms with Gasteiger partial charge in [0.05, 0.1) is 21.4 Å². The van der Waals surface area contributed by atoms with Crippen molar-refractivity contribution in [1.82, 2.24) is 4.98 Å². The van der Waals surface area contributed by atoms with Gasteiger partial charge in [0.15, 0.2) is 5.82 Å². The Morgan fingerprint density at radius 1 is 1.30 bits per heavy atom. The molecule has 1 aromatic heterocycles. The summed E-state index contributed by atoms with van der Waals surface area (Å²) in [7, 11) is 0. The van der Waals surface area contributed by atoms with Crippen LogP contribution in [0.5, 0.6) is 0 Å². The number of nitrogen functional groups attached to an aromatic ring is 1. The van der Waals surface area contributed by atoms with Crippen molar-refractivity contribution in [2.45, 2.75) is 0 Å². The third kappa shape index (κ3) is 2.85. The molecular formula is C12H8BrF2N3O2. The minimum Gasteiger partial charge on any atom is -0.478 e. The van der Waals surface area contributed by atoms with Crippen LogP contribution in [0.15, 0.2) is 28.9 Å². The molecule has 104 valence electrons. The zero-order valence-corrected chi connectivity index (χ0v) is 11.4. The van der Waals surface area contributed by atoms with Gasteiger partial charge in [-0.05, 0) is 28.1 Å². The molecule has 1 heterocycles. The van der Waals surface area contributed by atoms with Crippen LogP contribution >= 0.6 is 15.9 Å². The second-order valence-corrected chi connectivity index (χ2v) is 4.69. The fraction of sp³-hybridized carbons (Fsp3) is 0. The van der Waals surface area contributed by atoms with Gasteiger partial charge in [0, 0.05) is 12.3 Å². The van der Waals surface area contributed by atoms with Crippen LogP contribution in [0.4, 0.5) is 26.0 Å². The van der Waals surface area contributed by atoms with Crippen molar-refractivity contribution in [2.24, 2.45) is 0 Å². The first-order chi connectivity index (χ1) is 9.38. The summed E-state index contributed by atoms with van der Waals surface area (Å²) in [6.07, 6.45) is 1.08. The van der Waals surface area contributed by atoms with E-state index in [9.17, 15) is 13.6 Å². The van der Waals surface area contributed by atoms with Crippen LogP contribution in [0.25, 0.3) is 0 Å². The number of carboxylic acids is 1. The van der Waals surface area contributed by atoms with E-state index >= 15 is 0 Å². The summed E-state index contributed by atoms with van der Waals surface area (Å²) in [5, 5.41) is 11.4. The van der Waals surface area contributed by atoms with E-state index in [4.69, 9.17) is 10.8 Å². The molecule has 0 bridgehead atoms. The molecule has 2 aromatic rings. The number of anilines is 3. The number of hydrogen-bond donors (Lipinski definition) is 3. The second kappa shape index (κ2) is 5.41. The average molecular weight is 344 g/mol. The Morgan fingerprint density at radius 3 is 2.60 bits per heavy atom. The maximum absolute atomic E-state index is 13.6. The van der Waals surface area contributed by atoms with Crippen LogP contribution in [0.1, 0.15) is 10.4 Å². The smallest absolute Gasteiger partial charge is 0.337 e. The largest absolute Gasteiger partial charge is 0.478 e. The number of hydrogen-bond acceptors (Lipinski definition) is 4. The van der Waals surface area contributed by atoms with Crippen molar-refractivity contribution >= 4 is 39.1 Å². The standard InChI is InChI=1S/C12H8BrF2N3O2/c13-6-2-10(8(15)3-7(6)14)18-11-9(16)1-5(4-17-11)12(19)20/h1-4H,16H2,(H,17,18)(H,19,20). The van der Waals surface area contributed by atoms with E-state index in [1.807, 2.05) is 0 Å². The molecule has 0 spiro atoms. The van der Waals surface area contributed by atoms with Crippen molar-refractivity contribution in [3.8, 4) is 0 Å². The summed E-state index contributed by atoms with van der Waals surface area (Å²) in [5.41, 5.74) is 5.53. The van der Waals surface area contributed by atoms with E-state index in [-0.39, 0.29) is 27.2 Å². The molecule has 0 atom stereocenters. The van der Waals surface area contributed by atoms with E-state index in [2.05, 4.69) is 26.2 Å². The van der Waals surface area contributed by atoms with E-state index < -0.39 is 17.6 Å². The monoisotopic (exact) mass is 343 g/mol. The predicted octanol–water partition coefficient (Wildman–Crippen LogP) is 3.15. The highest BCUT2D eigenvalue weighted by molar-refractivity contribution is 9.10. The fourth-order valence-electron chi connectivity index (χ4n) is 1.45. The van der Waals surface area contributed by atoms with Crippen molar-refractivity contribution in [3.05, 3.63) is 46.1 Å². The molecule has 8 heteroatoms. The maximum atomic E-state index is 13.6. The van der Waals surface area contributed by atoms with Crippen LogP contribution in [0.3, 0.4) is 0 Å². The molecule has 0 unspecified atom stereocenters. The van der Waals surface area contributed by atoms with Crippen LogP contribution in [-0.4, -0.2) is 16.1 Å². The lowest BCUT2D eigenvalue weighted by Crippen LogP contribution is -2.05. The van der Waals surface area contributed by atoms with Crippen molar-refractivity contribution in [1.29, 1.82) is 0 Å². The molecule has 0 saturated heterocycles. The molecule has 0 aliphatic rings. The van der Waals surface area contributed by atoms with Crippen molar-refractivity contribution in [2.75, 3.05) is 11.1 Å². The van der Waals surface area contributed by atoms with Crippen LogP contribution in [0.2, 0.25) is 0 Å². The normalized spacial score (nSPS) is 10.3. The first kappa shape index (κ1) is 14.2. The maximum Gasteiger partial charge on any atom is 0.337 e. The summed E-state index contributed by atoms with van der Waals surface area (Å²) < 4.78 is 26.7. The minimum absolute atomic E-state index is 0.0322. The summed E-state index contributed by atoms with van der Waals surface area (Å²) in [5.74, 6) is -2.66. The summed E-state index contributed by atoms with van der Waals surface area (Å²) in [6, 6.07) is 3.08. The number of rotatable bonds is 3. The van der Waals surface area contributed by atoms with Gasteiger partial charge in [-0.25, -0.2) is 18.6 Å². The third-order valence-electron chi connectivity index (χ3n) is 2.43. The van der Waals surface area contributed by atoms with Crippen LogP contribution in [-0.2, 0) is 0 Å². The molecule has 0 saturated carbocycles. The molecule has 0 aliphatic carbocycles. The average Bonchev–Trinajstić information content (AvgIpc) is 2.37. The number of benzene rings is 1. The molecule has 5 nitrogen and oxygen atoms in total. The number of nitrogens with zero attached hydrogens (tertiary/aromatic N) is 1. The van der Waals surface area contributed by atoms with Gasteiger partial charge in [0.1, 0.15) is 11.6 Å². The van der Waals surface area contributed by atoms with Gasteiger partial charge < -0.3 is 16.2 Å². The number of halogens is 3. The second-order valence-electron chi connectivity index (χ2n) is 3.84. The molecular weight excluding hydrogens is 336 g/mol. The molecule has 4 N–H and O–H groups in total. The number of aromatic nitrogens is 1. The summed E-state index contributed by atoms with van der Waals surface area (Å²) in [6.45, 7) is 0. The van der Waals surface area contributed by atoms with E-state index in [0.717, 1.165) is 6.20 Å². The zero-order valence-electron chi connectivity index (χ0n) is 9.82. The molecule has 20 heavy (non-hydrogen) atoms. The van der Waals surface area contributed by atoms with Crippen molar-refractivity contribution < 1.29 is 18.7 Å². The Morgan fingerprint density at radius 2 is 2.00 bits per heavy atom. The first-order valence-electron chi connectivity index (χ1n) is 5.29. The minimum atomic E-state index is -1.17. The first-order valence-corrected chi connectivity index (χ1v) is 6.08.